The molecule has 3 heteroatoms. The van der Waals surface area contributed by atoms with Crippen LogP contribution in [0.5, 0.6) is 0 Å². The quantitative estimate of drug-likeness (QED) is 0.699. The van der Waals surface area contributed by atoms with Crippen LogP contribution in [0.3, 0.4) is 0 Å². The molecule has 0 spiro atoms. The lowest BCUT2D eigenvalue weighted by Gasteiger charge is -2.17. The molecule has 0 aliphatic rings. The van der Waals surface area contributed by atoms with Crippen LogP contribution < -0.4 is 0 Å². The Morgan fingerprint density at radius 2 is 1.89 bits per heavy atom. The molecule has 54 valence electrons. The van der Waals surface area contributed by atoms with Crippen LogP contribution in [0, 0.1) is 0 Å². The van der Waals surface area contributed by atoms with Crippen molar-refractivity contribution >= 4 is 21.9 Å². The van der Waals surface area contributed by atoms with E-state index in [0.29, 0.717) is 12.8 Å². The molecule has 9 heavy (non-hydrogen) atoms. The smallest absolute Gasteiger partial charge is 0.320 e. The number of carboxylic acid groups (broad SMARTS) is 1. The minimum Gasteiger partial charge on any atom is -0.480 e. The Morgan fingerprint density at radius 1 is 1.56 bits per heavy atom. The average molecular weight is 195 g/mol. The Balaban J connectivity index is 4.09. The molecule has 0 fully saturated rings. The first kappa shape index (κ1) is 8.95. The summed E-state index contributed by atoms with van der Waals surface area (Å²) in [6.07, 6.45) is 1.25. The van der Waals surface area contributed by atoms with Crippen molar-refractivity contribution in [1.82, 2.24) is 0 Å². The van der Waals surface area contributed by atoms with Gasteiger partial charge in [0.2, 0.25) is 0 Å². The number of hydrogen-bond donors (Lipinski definition) is 1. The van der Waals surface area contributed by atoms with Crippen molar-refractivity contribution in [2.45, 2.75) is 31.0 Å². The van der Waals surface area contributed by atoms with Crippen LogP contribution in [0.1, 0.15) is 26.7 Å². The predicted molar refractivity (Wildman–Crippen MR) is 39.9 cm³/mol. The van der Waals surface area contributed by atoms with E-state index in [1.807, 2.05) is 13.8 Å². The van der Waals surface area contributed by atoms with E-state index >= 15 is 0 Å². The van der Waals surface area contributed by atoms with Gasteiger partial charge in [-0.05, 0) is 12.8 Å². The molecule has 0 radical (unpaired) electrons. The molecule has 0 aromatic rings. The fraction of sp³-hybridized carbons (Fsp3) is 0.833. The number of carbonyl (C=O) groups is 1. The van der Waals surface area contributed by atoms with Crippen LogP contribution in [0.2, 0.25) is 0 Å². The van der Waals surface area contributed by atoms with Crippen molar-refractivity contribution in [2.24, 2.45) is 0 Å². The normalized spacial score (nSPS) is 11.4. The number of hydrogen-bond acceptors (Lipinski definition) is 1. The summed E-state index contributed by atoms with van der Waals surface area (Å²) in [4.78, 5) is 10.4. The Morgan fingerprint density at radius 3 is 1.89 bits per heavy atom. The van der Waals surface area contributed by atoms with E-state index in [1.165, 1.54) is 0 Å². The van der Waals surface area contributed by atoms with Gasteiger partial charge in [0.15, 0.2) is 0 Å². The highest BCUT2D eigenvalue weighted by Crippen LogP contribution is 2.25. The molecule has 0 aromatic heterocycles. The maximum Gasteiger partial charge on any atom is 0.320 e. The molecule has 0 aliphatic carbocycles. The second-order valence-corrected chi connectivity index (χ2v) is 3.50. The van der Waals surface area contributed by atoms with Gasteiger partial charge in [-0.1, -0.05) is 29.8 Å². The fourth-order valence-electron chi connectivity index (χ4n) is 0.552. The first-order valence-electron chi connectivity index (χ1n) is 2.99. The van der Waals surface area contributed by atoms with Crippen LogP contribution in [0.4, 0.5) is 0 Å². The molecule has 0 amide bonds. The fourth-order valence-corrected chi connectivity index (χ4v) is 0.552. The number of aliphatic carboxylic acids is 1. The molecule has 0 bridgehead atoms. The Bertz CT molecular complexity index is 108. The molecule has 0 aliphatic heterocycles. The van der Waals surface area contributed by atoms with Crippen molar-refractivity contribution < 1.29 is 9.90 Å². The predicted octanol–water partition coefficient (Wildman–Crippen LogP) is 2.02. The minimum atomic E-state index is -0.771. The first-order valence-corrected chi connectivity index (χ1v) is 3.78. The first-order chi connectivity index (χ1) is 4.06. The second kappa shape index (κ2) is 3.20. The van der Waals surface area contributed by atoms with Gasteiger partial charge in [0.1, 0.15) is 4.32 Å². The third-order valence-corrected chi connectivity index (χ3v) is 2.96. The zero-order valence-electron chi connectivity index (χ0n) is 5.65. The second-order valence-electron chi connectivity index (χ2n) is 1.98. The highest BCUT2D eigenvalue weighted by molar-refractivity contribution is 9.10. The standard InChI is InChI=1S/C6H11BrO2/c1-3-6(7,4-2)5(8)9/h3-4H2,1-2H3,(H,8,9). The van der Waals surface area contributed by atoms with E-state index in [-0.39, 0.29) is 0 Å². The van der Waals surface area contributed by atoms with E-state index in [4.69, 9.17) is 5.11 Å². The summed E-state index contributed by atoms with van der Waals surface area (Å²) in [6, 6.07) is 0. The van der Waals surface area contributed by atoms with Gasteiger partial charge in [-0.25, -0.2) is 0 Å². The largest absolute Gasteiger partial charge is 0.480 e. The van der Waals surface area contributed by atoms with Crippen molar-refractivity contribution in [3.63, 3.8) is 0 Å². The number of alkyl halides is 1. The Labute approximate surface area is 63.4 Å². The van der Waals surface area contributed by atoms with Gasteiger partial charge in [-0.15, -0.1) is 0 Å². The third-order valence-electron chi connectivity index (χ3n) is 1.50. The lowest BCUT2D eigenvalue weighted by Crippen LogP contribution is -2.29. The molecular formula is C6H11BrO2. The van der Waals surface area contributed by atoms with E-state index in [1.54, 1.807) is 0 Å². The maximum absolute atomic E-state index is 10.4. The molecule has 0 aromatic carbocycles. The van der Waals surface area contributed by atoms with E-state index in [2.05, 4.69) is 15.9 Å². The number of halogens is 1. The zero-order chi connectivity index (χ0) is 7.49. The monoisotopic (exact) mass is 194 g/mol. The molecule has 0 rings (SSSR count). The molecule has 0 atom stereocenters. The zero-order valence-corrected chi connectivity index (χ0v) is 7.23. The van der Waals surface area contributed by atoms with Gasteiger partial charge in [0.25, 0.3) is 0 Å². The Kier molecular flexibility index (Phi) is 3.18. The van der Waals surface area contributed by atoms with E-state index in [0.717, 1.165) is 0 Å². The molecule has 1 N–H and O–H groups in total. The summed E-state index contributed by atoms with van der Waals surface area (Å²) in [5.74, 6) is -0.771. The van der Waals surface area contributed by atoms with Gasteiger partial charge in [-0.3, -0.25) is 4.79 Å². The summed E-state index contributed by atoms with van der Waals surface area (Å²) in [7, 11) is 0. The lowest BCUT2D eigenvalue weighted by atomic mass is 10.0. The van der Waals surface area contributed by atoms with Gasteiger partial charge in [0, 0.05) is 0 Å². The van der Waals surface area contributed by atoms with Gasteiger partial charge in [0.05, 0.1) is 0 Å². The van der Waals surface area contributed by atoms with Crippen LogP contribution in [0.25, 0.3) is 0 Å². The molecular weight excluding hydrogens is 184 g/mol. The SMILES string of the molecule is CCC(Br)(CC)C(=O)O. The van der Waals surface area contributed by atoms with Crippen LogP contribution in [-0.2, 0) is 4.79 Å². The molecule has 0 saturated heterocycles. The third kappa shape index (κ3) is 1.97. The molecule has 0 saturated carbocycles. The van der Waals surface area contributed by atoms with Gasteiger partial charge < -0.3 is 5.11 Å². The van der Waals surface area contributed by atoms with Crippen molar-refractivity contribution in [2.75, 3.05) is 0 Å². The molecule has 2 nitrogen and oxygen atoms in total. The van der Waals surface area contributed by atoms with Crippen LogP contribution in [0.15, 0.2) is 0 Å². The summed E-state index contributed by atoms with van der Waals surface area (Å²) in [5.41, 5.74) is 0. The van der Waals surface area contributed by atoms with Crippen LogP contribution in [-0.4, -0.2) is 15.4 Å². The number of carboxylic acids is 1. The summed E-state index contributed by atoms with van der Waals surface area (Å²) < 4.78 is -0.688. The van der Waals surface area contributed by atoms with E-state index in [9.17, 15) is 4.79 Å². The highest BCUT2D eigenvalue weighted by Gasteiger charge is 2.30. The molecule has 0 unspecified atom stereocenters. The van der Waals surface area contributed by atoms with E-state index < -0.39 is 10.3 Å². The van der Waals surface area contributed by atoms with Crippen molar-refractivity contribution in [3.05, 3.63) is 0 Å². The van der Waals surface area contributed by atoms with Crippen molar-refractivity contribution in [3.8, 4) is 0 Å². The Hall–Kier alpha value is -0.0500. The summed E-state index contributed by atoms with van der Waals surface area (Å²) in [6.45, 7) is 3.71. The molecule has 0 heterocycles. The van der Waals surface area contributed by atoms with Crippen LogP contribution >= 0.6 is 15.9 Å². The summed E-state index contributed by atoms with van der Waals surface area (Å²) in [5, 5.41) is 8.59. The number of rotatable bonds is 3. The van der Waals surface area contributed by atoms with Gasteiger partial charge >= 0.3 is 5.97 Å². The van der Waals surface area contributed by atoms with Crippen molar-refractivity contribution in [1.29, 1.82) is 0 Å². The van der Waals surface area contributed by atoms with Gasteiger partial charge in [-0.2, -0.15) is 0 Å². The minimum absolute atomic E-state index is 0.624. The topological polar surface area (TPSA) is 37.3 Å². The average Bonchev–Trinajstić information content (AvgIpc) is 1.86. The summed E-state index contributed by atoms with van der Waals surface area (Å²) >= 11 is 3.15. The maximum atomic E-state index is 10.4. The lowest BCUT2D eigenvalue weighted by molar-refractivity contribution is -0.139. The highest BCUT2D eigenvalue weighted by atomic mass is 79.9.